The fourth-order valence-corrected chi connectivity index (χ4v) is 0.708. The predicted octanol–water partition coefficient (Wildman–Crippen LogP) is 2.61. The molecule has 0 saturated carbocycles. The zero-order valence-corrected chi connectivity index (χ0v) is 6.97. The van der Waals surface area contributed by atoms with Crippen molar-refractivity contribution in [3.8, 4) is 0 Å². The Morgan fingerprint density at radius 2 is 1.73 bits per heavy atom. The summed E-state index contributed by atoms with van der Waals surface area (Å²) in [6.45, 7) is 0. The van der Waals surface area contributed by atoms with E-state index in [1.807, 2.05) is 0 Å². The van der Waals surface area contributed by atoms with Gasteiger partial charge in [0.25, 0.3) is 0 Å². The van der Waals surface area contributed by atoms with Gasteiger partial charge in [0.1, 0.15) is 0 Å². The monoisotopic (exact) mass is 240 g/mol. The third-order valence-electron chi connectivity index (χ3n) is 1.36. The van der Waals surface area contributed by atoms with Crippen LogP contribution in [0.15, 0.2) is 0 Å². The van der Waals surface area contributed by atoms with Crippen LogP contribution in [0, 0.1) is 0 Å². The normalized spacial score (nSPS) is 14.4. The molecule has 0 fully saturated rings. The lowest BCUT2D eigenvalue weighted by Crippen LogP contribution is -2.44. The first-order valence-electron chi connectivity index (χ1n) is 3.51. The van der Waals surface area contributed by atoms with Crippen molar-refractivity contribution in [3.63, 3.8) is 0 Å². The Morgan fingerprint density at radius 3 is 2.00 bits per heavy atom. The summed E-state index contributed by atoms with van der Waals surface area (Å²) in [4.78, 5) is 9.82. The predicted molar refractivity (Wildman–Crippen MR) is 34.5 cm³/mol. The van der Waals surface area contributed by atoms with Crippen molar-refractivity contribution in [2.24, 2.45) is 0 Å². The van der Waals surface area contributed by atoms with E-state index in [2.05, 4.69) is 4.74 Å². The molecule has 1 N–H and O–H groups in total. The minimum Gasteiger partial charge on any atom is -0.450 e. The van der Waals surface area contributed by atoms with E-state index in [0.717, 1.165) is 0 Å². The van der Waals surface area contributed by atoms with Gasteiger partial charge in [-0.15, -0.1) is 0 Å². The van der Waals surface area contributed by atoms with Gasteiger partial charge >= 0.3 is 18.5 Å². The number of carboxylic acid groups (broad SMARTS) is 1. The lowest BCUT2D eigenvalue weighted by atomic mass is 10.1. The van der Waals surface area contributed by atoms with Crippen LogP contribution in [-0.2, 0) is 4.74 Å². The van der Waals surface area contributed by atoms with Gasteiger partial charge in [-0.1, -0.05) is 0 Å². The van der Waals surface area contributed by atoms with E-state index in [1.54, 1.807) is 0 Å². The summed E-state index contributed by atoms with van der Waals surface area (Å²) >= 11 is 0. The van der Waals surface area contributed by atoms with Gasteiger partial charge in [-0.2, -0.15) is 8.78 Å². The van der Waals surface area contributed by atoms with Gasteiger partial charge in [0.15, 0.2) is 6.10 Å². The Balaban J connectivity index is 4.67. The van der Waals surface area contributed by atoms with E-state index < -0.39 is 37.5 Å². The molecule has 0 bridgehead atoms. The van der Waals surface area contributed by atoms with Crippen LogP contribution in [-0.4, -0.2) is 36.1 Å². The molecule has 0 heterocycles. The molecule has 0 rings (SSSR count). The molecule has 9 heteroatoms. The van der Waals surface area contributed by atoms with Crippen LogP contribution >= 0.6 is 0 Å². The van der Waals surface area contributed by atoms with Gasteiger partial charge in [-0.05, 0) is 0 Å². The fourth-order valence-electron chi connectivity index (χ4n) is 0.708. The second kappa shape index (κ2) is 5.08. The lowest BCUT2D eigenvalue weighted by molar-refractivity contribution is -0.202. The molecule has 15 heavy (non-hydrogen) atoms. The number of alkyl halides is 6. The van der Waals surface area contributed by atoms with Crippen LogP contribution in [0.25, 0.3) is 0 Å². The lowest BCUT2D eigenvalue weighted by Gasteiger charge is -2.24. The van der Waals surface area contributed by atoms with E-state index in [1.165, 1.54) is 0 Å². The number of ether oxygens (including phenoxy) is 1. The van der Waals surface area contributed by atoms with Gasteiger partial charge in [-0.3, -0.25) is 0 Å². The highest BCUT2D eigenvalue weighted by Crippen LogP contribution is 2.32. The van der Waals surface area contributed by atoms with Crippen LogP contribution in [0.3, 0.4) is 0 Å². The molecule has 90 valence electrons. The van der Waals surface area contributed by atoms with Crippen LogP contribution in [0.4, 0.5) is 31.1 Å². The first kappa shape index (κ1) is 13.8. The number of hydrogen-bond donors (Lipinski definition) is 1. The molecule has 0 spiro atoms. The first-order chi connectivity index (χ1) is 6.67. The standard InChI is InChI=1S/C6H6F6O3/c7-3(8)1-2(15-5(13)14)6(11,12)4(9)10/h2-4H,1H2,(H,13,14). The molecule has 1 unspecified atom stereocenters. The van der Waals surface area contributed by atoms with E-state index in [9.17, 15) is 31.1 Å². The summed E-state index contributed by atoms with van der Waals surface area (Å²) in [5.41, 5.74) is 0. The zero-order chi connectivity index (χ0) is 12.2. The van der Waals surface area contributed by atoms with Gasteiger partial charge in [0, 0.05) is 0 Å². The molecular formula is C6H6F6O3. The van der Waals surface area contributed by atoms with Crippen molar-refractivity contribution < 1.29 is 41.0 Å². The van der Waals surface area contributed by atoms with Gasteiger partial charge in [-0.25, -0.2) is 22.4 Å². The molecule has 0 aromatic rings. The highest BCUT2D eigenvalue weighted by Gasteiger charge is 2.52. The molecule has 0 radical (unpaired) electrons. The number of carbonyl (C=O) groups is 1. The first-order valence-corrected chi connectivity index (χ1v) is 3.51. The van der Waals surface area contributed by atoms with Crippen LogP contribution in [0.2, 0.25) is 0 Å². The van der Waals surface area contributed by atoms with Crippen molar-refractivity contribution in [1.82, 2.24) is 0 Å². The molecule has 3 nitrogen and oxygen atoms in total. The third kappa shape index (κ3) is 4.26. The molecule has 0 aromatic heterocycles. The van der Waals surface area contributed by atoms with Crippen molar-refractivity contribution in [2.75, 3.05) is 0 Å². The van der Waals surface area contributed by atoms with E-state index >= 15 is 0 Å². The van der Waals surface area contributed by atoms with Gasteiger partial charge in [0.05, 0.1) is 6.42 Å². The van der Waals surface area contributed by atoms with E-state index in [0.29, 0.717) is 0 Å². The Morgan fingerprint density at radius 1 is 1.27 bits per heavy atom. The van der Waals surface area contributed by atoms with Gasteiger partial charge in [0.2, 0.25) is 6.43 Å². The minimum absolute atomic E-state index is 1.79. The summed E-state index contributed by atoms with van der Waals surface area (Å²) in [5.74, 6) is -4.94. The number of rotatable bonds is 5. The minimum atomic E-state index is -4.94. The summed E-state index contributed by atoms with van der Waals surface area (Å²) in [5, 5.41) is 7.90. The molecule has 0 amide bonds. The summed E-state index contributed by atoms with van der Waals surface area (Å²) in [6, 6.07) is 0. The zero-order valence-electron chi connectivity index (χ0n) is 6.97. The quantitative estimate of drug-likeness (QED) is 0.593. The van der Waals surface area contributed by atoms with Crippen LogP contribution in [0.1, 0.15) is 6.42 Å². The number of halogens is 6. The molecule has 0 aliphatic heterocycles. The third-order valence-corrected chi connectivity index (χ3v) is 1.36. The van der Waals surface area contributed by atoms with Crippen molar-refractivity contribution >= 4 is 6.16 Å². The van der Waals surface area contributed by atoms with Gasteiger partial charge < -0.3 is 9.84 Å². The molecule has 1 atom stereocenters. The summed E-state index contributed by atoms with van der Waals surface area (Å²) < 4.78 is 75.0. The van der Waals surface area contributed by atoms with E-state index in [4.69, 9.17) is 5.11 Å². The van der Waals surface area contributed by atoms with Crippen molar-refractivity contribution in [1.29, 1.82) is 0 Å². The molecule has 0 aromatic carbocycles. The smallest absolute Gasteiger partial charge is 0.450 e. The summed E-state index contributed by atoms with van der Waals surface area (Å²) in [6.07, 6.45) is -14.8. The largest absolute Gasteiger partial charge is 0.506 e. The fraction of sp³-hybridized carbons (Fsp3) is 0.833. The van der Waals surface area contributed by atoms with E-state index in [-0.39, 0.29) is 0 Å². The van der Waals surface area contributed by atoms with Crippen LogP contribution in [0.5, 0.6) is 0 Å². The highest BCUT2D eigenvalue weighted by atomic mass is 19.3. The van der Waals surface area contributed by atoms with Crippen molar-refractivity contribution in [2.45, 2.75) is 31.3 Å². The maximum Gasteiger partial charge on any atom is 0.506 e. The van der Waals surface area contributed by atoms with Crippen molar-refractivity contribution in [3.05, 3.63) is 0 Å². The second-order valence-electron chi connectivity index (χ2n) is 2.47. The molecular weight excluding hydrogens is 234 g/mol. The van der Waals surface area contributed by atoms with Crippen LogP contribution < -0.4 is 0 Å². The maximum absolute atomic E-state index is 12.5. The Bertz CT molecular complexity index is 219. The average molecular weight is 240 g/mol. The highest BCUT2D eigenvalue weighted by molar-refractivity contribution is 5.57. The number of hydrogen-bond acceptors (Lipinski definition) is 2. The molecule has 0 aliphatic carbocycles. The SMILES string of the molecule is O=C(O)OC(CC(F)F)C(F)(F)C(F)F. The molecule has 0 saturated heterocycles. The Labute approximate surface area is 79.6 Å². The average Bonchev–Trinajstić information content (AvgIpc) is 2.00. The maximum atomic E-state index is 12.5. The Kier molecular flexibility index (Phi) is 4.69. The Hall–Kier alpha value is -1.15. The summed E-state index contributed by atoms with van der Waals surface area (Å²) in [7, 11) is 0. The topological polar surface area (TPSA) is 46.5 Å². The molecule has 0 aliphatic rings. The second-order valence-corrected chi connectivity index (χ2v) is 2.47.